The van der Waals surface area contributed by atoms with E-state index in [0.29, 0.717) is 55.9 Å². The summed E-state index contributed by atoms with van der Waals surface area (Å²) in [4.78, 5) is 36.2. The van der Waals surface area contributed by atoms with E-state index in [1.807, 2.05) is 24.3 Å². The summed E-state index contributed by atoms with van der Waals surface area (Å²) in [5.74, 6) is -0.232. The molecule has 0 aromatic heterocycles. The highest BCUT2D eigenvalue weighted by Crippen LogP contribution is 2.44. The zero-order chi connectivity index (χ0) is 28.4. The van der Waals surface area contributed by atoms with E-state index in [-0.39, 0.29) is 18.5 Å². The molecule has 3 aliphatic rings. The topological polar surface area (TPSA) is 179 Å². The lowest BCUT2D eigenvalue weighted by molar-refractivity contribution is -0.130. The lowest BCUT2D eigenvalue weighted by Gasteiger charge is -2.36. The van der Waals surface area contributed by atoms with E-state index in [1.54, 1.807) is 17.0 Å². The zero-order valence-electron chi connectivity index (χ0n) is 22.2. The number of fused-ring (bicyclic) bond motifs is 2. The molecule has 2 aliphatic heterocycles. The van der Waals surface area contributed by atoms with Crippen LogP contribution in [-0.4, -0.2) is 59.7 Å². The van der Waals surface area contributed by atoms with E-state index in [4.69, 9.17) is 16.3 Å². The number of hydrogen-bond acceptors (Lipinski definition) is 9. The van der Waals surface area contributed by atoms with Gasteiger partial charge >= 0.3 is 0 Å². The van der Waals surface area contributed by atoms with E-state index in [2.05, 4.69) is 28.4 Å². The van der Waals surface area contributed by atoms with Gasteiger partial charge in [-0.25, -0.2) is 15.3 Å². The largest absolute Gasteiger partial charge is 0.399 e. The Bertz CT molecular complexity index is 1360. The molecule has 3 unspecified atom stereocenters. The molecule has 2 heterocycles. The number of benzene rings is 2. The molecular formula is C29H33N7O4. The van der Waals surface area contributed by atoms with Gasteiger partial charge in [-0.1, -0.05) is 24.8 Å². The first-order valence-electron chi connectivity index (χ1n) is 13.3. The summed E-state index contributed by atoms with van der Waals surface area (Å²) in [5, 5.41) is 22.8. The maximum absolute atomic E-state index is 12.9. The number of nitrogens with zero attached hydrogens (tertiary/aromatic N) is 3. The maximum Gasteiger partial charge on any atom is 0.280 e. The summed E-state index contributed by atoms with van der Waals surface area (Å²) < 4.78 is 0. The molecule has 0 bridgehead atoms. The Balaban J connectivity index is 1.55. The standard InChI is InChI=1S/C29H33N7O4/c1-17(31)18-6-8-23-19(13-18)4-5-20-14-21(26(32)38)7-9-24(20)29(23,27-34-28(39)40-35-27)10-11-33-16-25(37)36-12-2-3-22(36)15-30/h6-9,13-14,22,28,33,39H,1-5,10-12,16,31H2,(H2,32,38)(H,34,35). The quantitative estimate of drug-likeness (QED) is 0.303. The third kappa shape index (κ3) is 4.93. The molecule has 11 heteroatoms. The number of nitriles is 1. The van der Waals surface area contributed by atoms with Crippen molar-refractivity contribution in [3.05, 3.63) is 76.4 Å². The number of aliphatic hydroxyl groups excluding tert-OH is 1. The molecule has 2 aromatic rings. The van der Waals surface area contributed by atoms with Gasteiger partial charge in [-0.05, 0) is 84.7 Å². The second-order valence-corrected chi connectivity index (χ2v) is 10.4. The Hall–Kier alpha value is -4.24. The van der Waals surface area contributed by atoms with Crippen molar-refractivity contribution in [3.8, 4) is 6.07 Å². The van der Waals surface area contributed by atoms with Gasteiger partial charge in [0, 0.05) is 17.8 Å². The number of nitrogens with one attached hydrogen (secondary N) is 2. The number of aliphatic hydroxyl groups is 1. The van der Waals surface area contributed by atoms with E-state index in [0.717, 1.165) is 34.2 Å². The normalized spacial score (nSPS) is 23.3. The molecule has 1 aliphatic carbocycles. The van der Waals surface area contributed by atoms with E-state index < -0.39 is 17.7 Å². The highest BCUT2D eigenvalue weighted by Gasteiger charge is 2.46. The Labute approximate surface area is 232 Å². The van der Waals surface area contributed by atoms with Gasteiger partial charge in [-0.3, -0.25) is 9.59 Å². The van der Waals surface area contributed by atoms with Crippen molar-refractivity contribution in [2.24, 2.45) is 16.5 Å². The number of nitrogens with two attached hydrogens (primary N) is 2. The zero-order valence-corrected chi connectivity index (χ0v) is 22.2. The average Bonchev–Trinajstić information content (AvgIpc) is 3.58. The van der Waals surface area contributed by atoms with Crippen LogP contribution in [0.4, 0.5) is 0 Å². The third-order valence-corrected chi connectivity index (χ3v) is 8.03. The molecule has 0 saturated carbocycles. The average molecular weight is 544 g/mol. The highest BCUT2D eigenvalue weighted by molar-refractivity contribution is 5.99. The number of carbonyl (C=O) groups is 2. The predicted octanol–water partition coefficient (Wildman–Crippen LogP) is 0.803. The minimum absolute atomic E-state index is 0.0829. The number of amidine groups is 1. The van der Waals surface area contributed by atoms with Gasteiger partial charge < -0.3 is 26.8 Å². The molecule has 1 saturated heterocycles. The molecular weight excluding hydrogens is 510 g/mol. The number of rotatable bonds is 8. The summed E-state index contributed by atoms with van der Waals surface area (Å²) in [6.45, 7) is 4.95. The minimum atomic E-state index is -1.39. The Morgan fingerprint density at radius 1 is 1.20 bits per heavy atom. The molecule has 5 rings (SSSR count). The van der Waals surface area contributed by atoms with E-state index in [1.165, 1.54) is 0 Å². The van der Waals surface area contributed by atoms with Crippen molar-refractivity contribution < 1.29 is 19.5 Å². The molecule has 0 radical (unpaired) electrons. The Morgan fingerprint density at radius 3 is 2.48 bits per heavy atom. The Kier molecular flexibility index (Phi) is 7.58. The van der Waals surface area contributed by atoms with Gasteiger partial charge in [0.1, 0.15) is 11.9 Å². The summed E-state index contributed by atoms with van der Waals surface area (Å²) in [6, 6.07) is 13.1. The number of hydrogen-bond donors (Lipinski definition) is 5. The van der Waals surface area contributed by atoms with Gasteiger partial charge in [0.25, 0.3) is 6.41 Å². The van der Waals surface area contributed by atoms with Crippen LogP contribution in [0.3, 0.4) is 0 Å². The van der Waals surface area contributed by atoms with Crippen LogP contribution in [0.15, 0.2) is 48.0 Å². The van der Waals surface area contributed by atoms with Crippen molar-refractivity contribution in [1.29, 1.82) is 5.26 Å². The number of aliphatic imine (C=N–C) groups is 1. The van der Waals surface area contributed by atoms with Gasteiger partial charge in [0.15, 0.2) is 0 Å². The summed E-state index contributed by atoms with van der Waals surface area (Å²) in [5.41, 5.74) is 18.9. The summed E-state index contributed by atoms with van der Waals surface area (Å²) >= 11 is 0. The van der Waals surface area contributed by atoms with Gasteiger partial charge in [0.05, 0.1) is 18.0 Å². The van der Waals surface area contributed by atoms with Crippen LogP contribution >= 0.6 is 0 Å². The van der Waals surface area contributed by atoms with Crippen LogP contribution in [0, 0.1) is 11.3 Å². The third-order valence-electron chi connectivity index (χ3n) is 8.03. The molecule has 7 N–H and O–H groups in total. The molecule has 0 spiro atoms. The molecule has 208 valence electrons. The van der Waals surface area contributed by atoms with Gasteiger partial charge in [-0.15, -0.1) is 0 Å². The second-order valence-electron chi connectivity index (χ2n) is 10.4. The molecule has 1 fully saturated rings. The SMILES string of the molecule is C=C(N)c1ccc2c(c1)CCc1cc(C(N)=O)ccc1C2(CCNCC(=O)N1CCCC1C#N)C1=NC(O)ON1. The van der Waals surface area contributed by atoms with Crippen molar-refractivity contribution >= 4 is 23.3 Å². The van der Waals surface area contributed by atoms with Crippen LogP contribution in [0.1, 0.15) is 57.4 Å². The smallest absolute Gasteiger partial charge is 0.280 e. The fourth-order valence-corrected chi connectivity index (χ4v) is 6.09. The van der Waals surface area contributed by atoms with Crippen LogP contribution in [-0.2, 0) is 27.9 Å². The molecule has 2 aromatic carbocycles. The predicted molar refractivity (Wildman–Crippen MR) is 148 cm³/mol. The van der Waals surface area contributed by atoms with Crippen molar-refractivity contribution in [1.82, 2.24) is 15.7 Å². The van der Waals surface area contributed by atoms with Crippen LogP contribution in [0.5, 0.6) is 0 Å². The van der Waals surface area contributed by atoms with Crippen molar-refractivity contribution in [2.75, 3.05) is 19.6 Å². The number of aryl methyl sites for hydroxylation is 2. The van der Waals surface area contributed by atoms with E-state index >= 15 is 0 Å². The first-order valence-corrected chi connectivity index (χ1v) is 13.3. The van der Waals surface area contributed by atoms with Gasteiger partial charge in [-0.2, -0.15) is 5.26 Å². The number of primary amides is 1. The number of carbonyl (C=O) groups excluding carboxylic acids is 2. The maximum atomic E-state index is 12.9. The molecule has 3 atom stereocenters. The monoisotopic (exact) mass is 543 g/mol. The molecule has 2 amide bonds. The van der Waals surface area contributed by atoms with Crippen LogP contribution in [0.2, 0.25) is 0 Å². The first-order chi connectivity index (χ1) is 19.2. The number of hydroxylamine groups is 1. The van der Waals surface area contributed by atoms with E-state index in [9.17, 15) is 20.0 Å². The van der Waals surface area contributed by atoms with Crippen molar-refractivity contribution in [2.45, 2.75) is 50.0 Å². The first kappa shape index (κ1) is 27.3. The lowest BCUT2D eigenvalue weighted by atomic mass is 9.68. The van der Waals surface area contributed by atoms with Gasteiger partial charge in [0.2, 0.25) is 11.8 Å². The second kappa shape index (κ2) is 11.1. The van der Waals surface area contributed by atoms with Crippen molar-refractivity contribution in [3.63, 3.8) is 0 Å². The molecule has 40 heavy (non-hydrogen) atoms. The number of amides is 2. The fraction of sp³-hybridized carbons (Fsp3) is 0.379. The lowest BCUT2D eigenvalue weighted by Crippen LogP contribution is -2.47. The minimum Gasteiger partial charge on any atom is -0.399 e. The summed E-state index contributed by atoms with van der Waals surface area (Å²) in [7, 11) is 0. The fourth-order valence-electron chi connectivity index (χ4n) is 6.09. The van der Waals surface area contributed by atoms with Crippen LogP contribution < -0.4 is 22.3 Å². The summed E-state index contributed by atoms with van der Waals surface area (Å²) in [6.07, 6.45) is 1.83. The van der Waals surface area contributed by atoms with Crippen LogP contribution in [0.25, 0.3) is 5.70 Å². The number of likely N-dealkylation sites (tertiary alicyclic amines) is 1. The highest BCUT2D eigenvalue weighted by atomic mass is 16.7. The molecule has 11 nitrogen and oxygen atoms in total. The Morgan fingerprint density at radius 2 is 1.88 bits per heavy atom.